The number of rotatable bonds is 6. The van der Waals surface area contributed by atoms with E-state index in [1.807, 2.05) is 0 Å². The first-order chi connectivity index (χ1) is 17.0. The van der Waals surface area contributed by atoms with Crippen LogP contribution in [0.25, 0.3) is 0 Å². The third-order valence-electron chi connectivity index (χ3n) is 7.94. The van der Waals surface area contributed by atoms with E-state index in [9.17, 15) is 40.9 Å². The second kappa shape index (κ2) is 10.9. The Bertz CT molecular complexity index is 755. The van der Waals surface area contributed by atoms with Crippen molar-refractivity contribution in [3.05, 3.63) is 0 Å². The Morgan fingerprint density at radius 2 is 1.58 bits per heavy atom. The van der Waals surface area contributed by atoms with E-state index in [1.54, 1.807) is 7.05 Å². The van der Waals surface area contributed by atoms with Crippen molar-refractivity contribution in [1.29, 1.82) is 0 Å². The van der Waals surface area contributed by atoms with Crippen molar-refractivity contribution in [2.45, 2.75) is 104 Å². The zero-order chi connectivity index (χ0) is 26.5. The topological polar surface area (TPSA) is 263 Å². The first-order valence-corrected chi connectivity index (χ1v) is 12.2. The summed E-state index contributed by atoms with van der Waals surface area (Å²) in [5, 5.41) is 86.1. The third-order valence-corrected chi connectivity index (χ3v) is 7.94. The van der Waals surface area contributed by atoms with Crippen LogP contribution >= 0.6 is 0 Å². The summed E-state index contributed by atoms with van der Waals surface area (Å²) < 4.78 is 23.5. The molecule has 15 heteroatoms. The molecule has 2 aliphatic heterocycles. The van der Waals surface area contributed by atoms with Crippen LogP contribution in [0.4, 0.5) is 0 Å². The van der Waals surface area contributed by atoms with Gasteiger partial charge in [0, 0.05) is 24.6 Å². The SMILES string of the molecule is CN[C@H]1C[C@@H](N)[C@H](O)[C@@H](O[C@@H]2C[C@H](CO)[C@H](O)[C@@H]3O[C@@]4(O[C@H]([C@@H](N)CO)[C@H](O)[C@@H](O)[C@H]4O)O[C@@H]32)[C@@H]1O. The summed E-state index contributed by atoms with van der Waals surface area (Å²) >= 11 is 0. The Morgan fingerprint density at radius 3 is 2.19 bits per heavy atom. The van der Waals surface area contributed by atoms with Crippen LogP contribution < -0.4 is 16.8 Å². The van der Waals surface area contributed by atoms with Crippen LogP contribution in [-0.4, -0.2) is 152 Å². The van der Waals surface area contributed by atoms with Crippen LogP contribution in [0.5, 0.6) is 0 Å². The van der Waals surface area contributed by atoms with Crippen LogP contribution in [-0.2, 0) is 18.9 Å². The van der Waals surface area contributed by atoms with E-state index in [0.717, 1.165) is 0 Å². The van der Waals surface area contributed by atoms with E-state index < -0.39 is 110 Å². The largest absolute Gasteiger partial charge is 0.396 e. The fraction of sp³-hybridized carbons (Fsp3) is 1.00. The van der Waals surface area contributed by atoms with Gasteiger partial charge in [0.1, 0.15) is 36.6 Å². The van der Waals surface area contributed by atoms with E-state index in [4.69, 9.17) is 30.4 Å². The highest BCUT2D eigenvalue weighted by atomic mass is 16.9. The molecule has 0 radical (unpaired) electrons. The molecule has 0 amide bonds. The average molecular weight is 526 g/mol. The lowest BCUT2D eigenvalue weighted by Gasteiger charge is -2.46. The van der Waals surface area contributed by atoms with Crippen molar-refractivity contribution in [2.24, 2.45) is 17.4 Å². The second-order valence-electron chi connectivity index (χ2n) is 10.2. The number of likely N-dealkylation sites (N-methyl/N-ethyl adjacent to an activating group) is 1. The molecule has 0 bridgehead atoms. The molecule has 0 aromatic carbocycles. The fourth-order valence-corrected chi connectivity index (χ4v) is 5.71. The summed E-state index contributed by atoms with van der Waals surface area (Å²) in [6.45, 7) is -1.09. The number of hydrogen-bond acceptors (Lipinski definition) is 15. The van der Waals surface area contributed by atoms with Gasteiger partial charge in [-0.25, -0.2) is 0 Å². The quantitative estimate of drug-likeness (QED) is 0.154. The fourth-order valence-electron chi connectivity index (χ4n) is 5.71. The van der Waals surface area contributed by atoms with E-state index in [0.29, 0.717) is 6.42 Å². The van der Waals surface area contributed by atoms with E-state index in [-0.39, 0.29) is 6.42 Å². The Hall–Kier alpha value is -0.600. The number of nitrogens with one attached hydrogen (secondary N) is 1. The zero-order valence-electron chi connectivity index (χ0n) is 19.9. The third kappa shape index (κ3) is 4.70. The van der Waals surface area contributed by atoms with Gasteiger partial charge in [0.2, 0.25) is 0 Å². The number of fused-ring (bicyclic) bond motifs is 1. The number of ether oxygens (including phenoxy) is 4. The van der Waals surface area contributed by atoms with Crippen molar-refractivity contribution < 1.29 is 59.8 Å². The Labute approximate surface area is 207 Å². The number of aliphatic hydroxyl groups excluding tert-OH is 8. The lowest BCUT2D eigenvalue weighted by atomic mass is 9.80. The number of hydrogen-bond donors (Lipinski definition) is 11. The summed E-state index contributed by atoms with van der Waals surface area (Å²) in [5.41, 5.74) is 11.9. The van der Waals surface area contributed by atoms with Gasteiger partial charge in [0.25, 0.3) is 0 Å². The molecule has 15 nitrogen and oxygen atoms in total. The molecule has 0 aromatic rings. The van der Waals surface area contributed by atoms with Gasteiger partial charge in [-0.2, -0.15) is 0 Å². The lowest BCUT2D eigenvalue weighted by molar-refractivity contribution is -0.438. The molecule has 4 aliphatic rings. The first kappa shape index (κ1) is 28.4. The van der Waals surface area contributed by atoms with Crippen LogP contribution in [0.3, 0.4) is 0 Å². The van der Waals surface area contributed by atoms with E-state index >= 15 is 0 Å². The molecule has 2 saturated carbocycles. The van der Waals surface area contributed by atoms with Crippen LogP contribution in [0, 0.1) is 5.92 Å². The van der Waals surface area contributed by atoms with Gasteiger partial charge >= 0.3 is 5.97 Å². The van der Waals surface area contributed by atoms with E-state index in [2.05, 4.69) is 5.32 Å². The highest BCUT2D eigenvalue weighted by Crippen LogP contribution is 2.46. The molecule has 16 atom stereocenters. The monoisotopic (exact) mass is 525 g/mol. The molecule has 210 valence electrons. The Balaban J connectivity index is 1.62. The van der Waals surface area contributed by atoms with E-state index in [1.165, 1.54) is 0 Å². The van der Waals surface area contributed by atoms with Gasteiger partial charge in [-0.1, -0.05) is 0 Å². The number of aliphatic hydroxyl groups is 8. The summed E-state index contributed by atoms with van der Waals surface area (Å²) in [7, 11) is 1.64. The van der Waals surface area contributed by atoms with Gasteiger partial charge in [0.15, 0.2) is 6.10 Å². The predicted molar refractivity (Wildman–Crippen MR) is 118 cm³/mol. The summed E-state index contributed by atoms with van der Waals surface area (Å²) in [5.74, 6) is -3.17. The van der Waals surface area contributed by atoms with Gasteiger partial charge in [0.05, 0.1) is 37.1 Å². The summed E-state index contributed by atoms with van der Waals surface area (Å²) in [6, 6.07) is -2.36. The predicted octanol–water partition coefficient (Wildman–Crippen LogP) is -6.61. The average Bonchev–Trinajstić information content (AvgIpc) is 3.27. The lowest BCUT2D eigenvalue weighted by Crippen LogP contribution is -2.68. The Morgan fingerprint density at radius 1 is 0.917 bits per heavy atom. The molecule has 2 saturated heterocycles. The minimum absolute atomic E-state index is 0.0223. The first-order valence-electron chi connectivity index (χ1n) is 12.2. The molecule has 2 heterocycles. The van der Waals surface area contributed by atoms with Crippen molar-refractivity contribution in [3.63, 3.8) is 0 Å². The molecule has 4 fully saturated rings. The van der Waals surface area contributed by atoms with Gasteiger partial charge in [-0.15, -0.1) is 0 Å². The minimum atomic E-state index is -2.40. The van der Waals surface area contributed by atoms with Crippen molar-refractivity contribution in [1.82, 2.24) is 5.32 Å². The van der Waals surface area contributed by atoms with Gasteiger partial charge in [-0.05, 0) is 19.9 Å². The minimum Gasteiger partial charge on any atom is -0.396 e. The summed E-state index contributed by atoms with van der Waals surface area (Å²) in [4.78, 5) is 0. The molecule has 4 rings (SSSR count). The highest BCUT2D eigenvalue weighted by Gasteiger charge is 2.67. The molecular formula is C21H39N3O12. The molecule has 13 N–H and O–H groups in total. The van der Waals surface area contributed by atoms with Gasteiger partial charge in [-0.3, -0.25) is 0 Å². The van der Waals surface area contributed by atoms with Crippen molar-refractivity contribution in [3.8, 4) is 0 Å². The summed E-state index contributed by atoms with van der Waals surface area (Å²) in [6.07, 6.45) is -14.8. The Kier molecular flexibility index (Phi) is 8.58. The highest BCUT2D eigenvalue weighted by molar-refractivity contribution is 5.06. The van der Waals surface area contributed by atoms with Crippen LogP contribution in [0.15, 0.2) is 0 Å². The second-order valence-corrected chi connectivity index (χ2v) is 10.2. The maximum absolute atomic E-state index is 10.9. The van der Waals surface area contributed by atoms with Crippen LogP contribution in [0.2, 0.25) is 0 Å². The zero-order valence-corrected chi connectivity index (χ0v) is 19.9. The molecule has 1 spiro atoms. The maximum atomic E-state index is 10.9. The van der Waals surface area contributed by atoms with Crippen LogP contribution in [0.1, 0.15) is 12.8 Å². The molecule has 2 aliphatic carbocycles. The van der Waals surface area contributed by atoms with Crippen molar-refractivity contribution in [2.75, 3.05) is 20.3 Å². The molecular weight excluding hydrogens is 486 g/mol. The standard InChI is InChI=1S/C21H39N3O12/c1-24-9-3-7(22)12(28)18(13(9)29)33-10-2-6(4-25)11(27)19-17(10)35-21(36-19)20(32)15(31)14(30)16(34-21)8(23)5-26/h6-20,24-32H,2-5,22-23H2,1H3/t6-,7-,8+,9+,10-,11+,12+,13-,14-,15-,16-,17-,18-,19+,20-,21+/m1/s1. The number of nitrogens with two attached hydrogens (primary N) is 2. The normalized spacial score (nSPS) is 54.4. The smallest absolute Gasteiger partial charge is 0.314 e. The maximum Gasteiger partial charge on any atom is 0.314 e. The van der Waals surface area contributed by atoms with Crippen molar-refractivity contribution >= 4 is 0 Å². The molecule has 0 aromatic heterocycles. The molecule has 36 heavy (non-hydrogen) atoms. The molecule has 0 unspecified atom stereocenters. The van der Waals surface area contributed by atoms with Gasteiger partial charge < -0.3 is 76.6 Å².